The maximum Gasteiger partial charge on any atom is 0.249 e. The number of ether oxygens (including phenoxy) is 1. The summed E-state index contributed by atoms with van der Waals surface area (Å²) in [4.78, 5) is 26.1. The van der Waals surface area contributed by atoms with Gasteiger partial charge in [-0.2, -0.15) is 0 Å². The topological polar surface area (TPSA) is 84.7 Å². The first-order valence-corrected chi connectivity index (χ1v) is 8.12. The van der Waals surface area contributed by atoms with Crippen molar-refractivity contribution in [3.8, 4) is 0 Å². The summed E-state index contributed by atoms with van der Waals surface area (Å²) in [5.41, 5.74) is 5.56. The fourth-order valence-electron chi connectivity index (χ4n) is 3.20. The zero-order valence-electron chi connectivity index (χ0n) is 12.4. The number of amides is 2. The van der Waals surface area contributed by atoms with Crippen molar-refractivity contribution in [2.24, 2.45) is 11.7 Å². The summed E-state index contributed by atoms with van der Waals surface area (Å²) in [7, 11) is 0. The molecule has 0 bridgehead atoms. The SMILES string of the molecule is NCC1CCC(C(=O)NC2CCN(C(=O)C3CC3)CC2)O1. The van der Waals surface area contributed by atoms with Crippen molar-refractivity contribution in [1.82, 2.24) is 10.2 Å². The normalized spacial score (nSPS) is 30.4. The van der Waals surface area contributed by atoms with Crippen LogP contribution in [0.25, 0.3) is 0 Å². The highest BCUT2D eigenvalue weighted by atomic mass is 16.5. The molecule has 3 N–H and O–H groups in total. The first-order valence-electron chi connectivity index (χ1n) is 8.12. The molecular weight excluding hydrogens is 270 g/mol. The number of carbonyl (C=O) groups excluding carboxylic acids is 2. The molecule has 0 aromatic heterocycles. The maximum absolute atomic E-state index is 12.2. The Hall–Kier alpha value is -1.14. The number of nitrogens with one attached hydrogen (secondary N) is 1. The second-order valence-electron chi connectivity index (χ2n) is 6.44. The third-order valence-electron chi connectivity index (χ3n) is 4.74. The minimum absolute atomic E-state index is 0.0158. The van der Waals surface area contributed by atoms with Gasteiger partial charge in [0.25, 0.3) is 0 Å². The van der Waals surface area contributed by atoms with Gasteiger partial charge in [-0.3, -0.25) is 9.59 Å². The number of carbonyl (C=O) groups is 2. The van der Waals surface area contributed by atoms with Gasteiger partial charge in [-0.1, -0.05) is 0 Å². The van der Waals surface area contributed by atoms with Crippen molar-refractivity contribution in [2.75, 3.05) is 19.6 Å². The lowest BCUT2D eigenvalue weighted by atomic mass is 10.0. The van der Waals surface area contributed by atoms with Gasteiger partial charge < -0.3 is 20.7 Å². The van der Waals surface area contributed by atoms with E-state index in [1.807, 2.05) is 4.90 Å². The molecular formula is C15H25N3O3. The monoisotopic (exact) mass is 295 g/mol. The molecule has 2 saturated heterocycles. The molecule has 21 heavy (non-hydrogen) atoms. The van der Waals surface area contributed by atoms with Crippen molar-refractivity contribution >= 4 is 11.8 Å². The average molecular weight is 295 g/mol. The van der Waals surface area contributed by atoms with Gasteiger partial charge in [0, 0.05) is 31.6 Å². The Kier molecular flexibility index (Phi) is 4.45. The van der Waals surface area contributed by atoms with E-state index >= 15 is 0 Å². The molecule has 2 atom stereocenters. The van der Waals surface area contributed by atoms with Crippen LogP contribution < -0.4 is 11.1 Å². The van der Waals surface area contributed by atoms with E-state index in [4.69, 9.17) is 10.5 Å². The van der Waals surface area contributed by atoms with Crippen LogP contribution in [0.15, 0.2) is 0 Å². The van der Waals surface area contributed by atoms with Crippen molar-refractivity contribution in [1.29, 1.82) is 0 Å². The molecule has 3 fully saturated rings. The van der Waals surface area contributed by atoms with Gasteiger partial charge in [-0.15, -0.1) is 0 Å². The highest BCUT2D eigenvalue weighted by Gasteiger charge is 2.36. The Bertz CT molecular complexity index is 403. The van der Waals surface area contributed by atoms with E-state index in [1.165, 1.54) is 0 Å². The molecule has 2 heterocycles. The van der Waals surface area contributed by atoms with Crippen molar-refractivity contribution in [2.45, 2.75) is 56.8 Å². The molecule has 2 amide bonds. The van der Waals surface area contributed by atoms with Crippen LogP contribution in [0.5, 0.6) is 0 Å². The fraction of sp³-hybridized carbons (Fsp3) is 0.867. The van der Waals surface area contributed by atoms with Gasteiger partial charge >= 0.3 is 0 Å². The van der Waals surface area contributed by atoms with Crippen LogP contribution in [0.1, 0.15) is 38.5 Å². The van der Waals surface area contributed by atoms with Gasteiger partial charge in [0.1, 0.15) is 6.10 Å². The Morgan fingerprint density at radius 3 is 2.38 bits per heavy atom. The van der Waals surface area contributed by atoms with Crippen LogP contribution in [0.3, 0.4) is 0 Å². The molecule has 3 aliphatic rings. The second kappa shape index (κ2) is 6.32. The molecule has 0 radical (unpaired) electrons. The van der Waals surface area contributed by atoms with E-state index in [9.17, 15) is 9.59 Å². The maximum atomic E-state index is 12.2. The summed E-state index contributed by atoms with van der Waals surface area (Å²) in [5, 5.41) is 3.07. The van der Waals surface area contributed by atoms with Crippen molar-refractivity contribution in [3.63, 3.8) is 0 Å². The van der Waals surface area contributed by atoms with E-state index in [-0.39, 0.29) is 30.1 Å². The van der Waals surface area contributed by atoms with Crippen molar-refractivity contribution < 1.29 is 14.3 Å². The van der Waals surface area contributed by atoms with E-state index in [0.717, 1.165) is 51.6 Å². The number of nitrogens with zero attached hydrogens (tertiary/aromatic N) is 1. The average Bonchev–Trinajstić information content (AvgIpc) is 3.24. The number of hydrogen-bond donors (Lipinski definition) is 2. The summed E-state index contributed by atoms with van der Waals surface area (Å²) >= 11 is 0. The third-order valence-corrected chi connectivity index (χ3v) is 4.74. The molecule has 0 aromatic rings. The molecule has 6 nitrogen and oxygen atoms in total. The van der Waals surface area contributed by atoms with Gasteiger partial charge in [0.2, 0.25) is 11.8 Å². The van der Waals surface area contributed by atoms with E-state index in [2.05, 4.69) is 5.32 Å². The number of hydrogen-bond acceptors (Lipinski definition) is 4. The Morgan fingerprint density at radius 1 is 1.10 bits per heavy atom. The van der Waals surface area contributed by atoms with Crippen LogP contribution in [-0.4, -0.2) is 54.6 Å². The number of piperidine rings is 1. The van der Waals surface area contributed by atoms with Crippen LogP contribution in [0, 0.1) is 5.92 Å². The first kappa shape index (κ1) is 14.8. The van der Waals surface area contributed by atoms with Crippen LogP contribution in [-0.2, 0) is 14.3 Å². The Morgan fingerprint density at radius 2 is 1.81 bits per heavy atom. The standard InChI is InChI=1S/C15H25N3O3/c16-9-12-3-4-13(21-12)14(19)17-11-5-7-18(8-6-11)15(20)10-1-2-10/h10-13H,1-9,16H2,(H,17,19). The van der Waals surface area contributed by atoms with Crippen LogP contribution in [0.2, 0.25) is 0 Å². The number of likely N-dealkylation sites (tertiary alicyclic amines) is 1. The predicted octanol–water partition coefficient (Wildman–Crippen LogP) is 0.00990. The summed E-state index contributed by atoms with van der Waals surface area (Å²) in [5.74, 6) is 0.582. The lowest BCUT2D eigenvalue weighted by Gasteiger charge is -2.33. The molecule has 2 aliphatic heterocycles. The lowest BCUT2D eigenvalue weighted by Crippen LogP contribution is -2.49. The minimum atomic E-state index is -0.343. The Labute approximate surface area is 125 Å². The van der Waals surface area contributed by atoms with Crippen molar-refractivity contribution in [3.05, 3.63) is 0 Å². The minimum Gasteiger partial charge on any atom is -0.364 e. The lowest BCUT2D eigenvalue weighted by molar-refractivity contribution is -0.134. The highest BCUT2D eigenvalue weighted by molar-refractivity contribution is 5.82. The van der Waals surface area contributed by atoms with Gasteiger partial charge in [-0.25, -0.2) is 0 Å². The molecule has 3 rings (SSSR count). The first-order chi connectivity index (χ1) is 10.2. The molecule has 6 heteroatoms. The summed E-state index contributed by atoms with van der Waals surface area (Å²) < 4.78 is 5.61. The second-order valence-corrected chi connectivity index (χ2v) is 6.44. The van der Waals surface area contributed by atoms with Crippen LogP contribution in [0.4, 0.5) is 0 Å². The zero-order chi connectivity index (χ0) is 14.8. The van der Waals surface area contributed by atoms with Gasteiger partial charge in [-0.05, 0) is 38.5 Å². The quantitative estimate of drug-likeness (QED) is 0.765. The van der Waals surface area contributed by atoms with Crippen LogP contribution >= 0.6 is 0 Å². The fourth-order valence-corrected chi connectivity index (χ4v) is 3.20. The summed E-state index contributed by atoms with van der Waals surface area (Å²) in [6.07, 6.45) is 5.10. The molecule has 1 saturated carbocycles. The molecule has 0 aromatic carbocycles. The van der Waals surface area contributed by atoms with Gasteiger partial charge in [0.05, 0.1) is 6.10 Å². The molecule has 2 unspecified atom stereocenters. The van der Waals surface area contributed by atoms with E-state index in [0.29, 0.717) is 12.5 Å². The summed E-state index contributed by atoms with van der Waals surface area (Å²) in [6.45, 7) is 2.00. The van der Waals surface area contributed by atoms with Gasteiger partial charge in [0.15, 0.2) is 0 Å². The molecule has 118 valence electrons. The molecule has 0 spiro atoms. The predicted molar refractivity (Wildman–Crippen MR) is 77.4 cm³/mol. The van der Waals surface area contributed by atoms with E-state index in [1.54, 1.807) is 0 Å². The zero-order valence-corrected chi connectivity index (χ0v) is 12.4. The largest absolute Gasteiger partial charge is 0.364 e. The van der Waals surface area contributed by atoms with E-state index < -0.39 is 0 Å². The summed E-state index contributed by atoms with van der Waals surface area (Å²) in [6, 6.07) is 0.168. The number of nitrogens with two attached hydrogens (primary N) is 1. The number of rotatable bonds is 4. The molecule has 1 aliphatic carbocycles. The third kappa shape index (κ3) is 3.55. The highest BCUT2D eigenvalue weighted by Crippen LogP contribution is 2.32. The smallest absolute Gasteiger partial charge is 0.249 e. The Balaban J connectivity index is 1.40.